The van der Waals surface area contributed by atoms with Crippen molar-refractivity contribution in [3.63, 3.8) is 0 Å². The van der Waals surface area contributed by atoms with Crippen molar-refractivity contribution in [3.8, 4) is 0 Å². The third-order valence-corrected chi connectivity index (χ3v) is 6.08. The van der Waals surface area contributed by atoms with Crippen molar-refractivity contribution in [2.75, 3.05) is 57.9 Å². The largest absolute Gasteiger partial charge is 0.379 e. The predicted octanol–water partition coefficient (Wildman–Crippen LogP) is 1.35. The van der Waals surface area contributed by atoms with Crippen LogP contribution in [0.3, 0.4) is 0 Å². The molecule has 2 saturated heterocycles. The summed E-state index contributed by atoms with van der Waals surface area (Å²) < 4.78 is 7.51. The highest BCUT2D eigenvalue weighted by Gasteiger charge is 2.30. The predicted molar refractivity (Wildman–Crippen MR) is 126 cm³/mol. The molecule has 0 bridgehead atoms. The number of thioether (sulfide) groups is 1. The molecular formula is C18H34IN7OS. The van der Waals surface area contributed by atoms with E-state index in [2.05, 4.69) is 31.6 Å². The summed E-state index contributed by atoms with van der Waals surface area (Å²) in [6, 6.07) is 0.601. The summed E-state index contributed by atoms with van der Waals surface area (Å²) in [4.78, 5) is 9.86. The van der Waals surface area contributed by atoms with Gasteiger partial charge in [0.2, 0.25) is 0 Å². The van der Waals surface area contributed by atoms with Crippen molar-refractivity contribution >= 4 is 41.7 Å². The number of nitrogens with zero attached hydrogens (tertiary/aromatic N) is 6. The van der Waals surface area contributed by atoms with E-state index in [1.54, 1.807) is 0 Å². The van der Waals surface area contributed by atoms with Gasteiger partial charge in [-0.2, -0.15) is 11.8 Å². The van der Waals surface area contributed by atoms with Gasteiger partial charge in [0.1, 0.15) is 12.4 Å². The van der Waals surface area contributed by atoms with Crippen LogP contribution >= 0.6 is 35.7 Å². The number of halogens is 1. The van der Waals surface area contributed by atoms with Crippen LogP contribution in [0.15, 0.2) is 4.99 Å². The smallest absolute Gasteiger partial charge is 0.194 e. The number of hydrogen-bond donors (Lipinski definition) is 1. The number of likely N-dealkylation sites (tertiary alicyclic amines) is 1. The van der Waals surface area contributed by atoms with Crippen LogP contribution in [0.5, 0.6) is 0 Å². The van der Waals surface area contributed by atoms with Gasteiger partial charge in [0.15, 0.2) is 11.8 Å². The summed E-state index contributed by atoms with van der Waals surface area (Å²) in [5, 5.41) is 12.0. The summed E-state index contributed by atoms with van der Waals surface area (Å²) in [6.45, 7) is 9.37. The third-order valence-electron chi connectivity index (χ3n) is 5.39. The number of rotatable bonds is 7. The lowest BCUT2D eigenvalue weighted by atomic mass is 10.2. The molecule has 0 radical (unpaired) electrons. The molecule has 0 spiro atoms. The summed E-state index contributed by atoms with van der Waals surface area (Å²) in [6.07, 6.45) is 4.48. The van der Waals surface area contributed by atoms with Gasteiger partial charge in [0, 0.05) is 45.8 Å². The molecule has 1 atom stereocenters. The Morgan fingerprint density at radius 2 is 2.07 bits per heavy atom. The van der Waals surface area contributed by atoms with E-state index >= 15 is 0 Å². The fourth-order valence-electron chi connectivity index (χ4n) is 3.59. The normalized spacial score (nSPS) is 21.0. The molecular weight excluding hydrogens is 489 g/mol. The van der Waals surface area contributed by atoms with Crippen molar-refractivity contribution < 1.29 is 4.74 Å². The first kappa shape index (κ1) is 23.7. The van der Waals surface area contributed by atoms with E-state index in [1.165, 1.54) is 12.2 Å². The van der Waals surface area contributed by atoms with E-state index < -0.39 is 0 Å². The molecule has 1 unspecified atom stereocenters. The van der Waals surface area contributed by atoms with Crippen LogP contribution in [-0.2, 0) is 18.3 Å². The van der Waals surface area contributed by atoms with Crippen molar-refractivity contribution in [1.82, 2.24) is 29.9 Å². The third kappa shape index (κ3) is 6.46. The van der Waals surface area contributed by atoms with Gasteiger partial charge in [-0.3, -0.25) is 4.90 Å². The number of guanidine groups is 1. The second kappa shape index (κ2) is 12.2. The molecule has 2 aliphatic heterocycles. The Hall–Kier alpha value is -0.590. The molecule has 3 rings (SSSR count). The maximum absolute atomic E-state index is 5.50. The van der Waals surface area contributed by atoms with Gasteiger partial charge in [-0.15, -0.1) is 34.2 Å². The molecule has 1 aromatic heterocycles. The highest BCUT2D eigenvalue weighted by atomic mass is 127. The fraction of sp³-hybridized carbons (Fsp3) is 0.833. The average Bonchev–Trinajstić information content (AvgIpc) is 3.30. The Balaban J connectivity index is 0.00000280. The fourth-order valence-corrected chi connectivity index (χ4v) is 4.03. The molecule has 0 aromatic carbocycles. The van der Waals surface area contributed by atoms with Crippen molar-refractivity contribution in [2.24, 2.45) is 12.0 Å². The highest BCUT2D eigenvalue weighted by molar-refractivity contribution is 14.0. The second-order valence-electron chi connectivity index (χ2n) is 7.17. The van der Waals surface area contributed by atoms with Crippen molar-refractivity contribution in [3.05, 3.63) is 11.6 Å². The van der Waals surface area contributed by atoms with Crippen LogP contribution in [0, 0.1) is 6.92 Å². The van der Waals surface area contributed by atoms with E-state index in [9.17, 15) is 0 Å². The number of aliphatic imine (C=N–C) groups is 1. The van der Waals surface area contributed by atoms with E-state index in [0.29, 0.717) is 12.6 Å². The highest BCUT2D eigenvalue weighted by Crippen LogP contribution is 2.17. The van der Waals surface area contributed by atoms with Crippen LogP contribution in [0.4, 0.5) is 0 Å². The number of aromatic nitrogens is 3. The van der Waals surface area contributed by atoms with Gasteiger partial charge >= 0.3 is 0 Å². The topological polar surface area (TPSA) is 70.8 Å². The molecule has 1 N–H and O–H groups in total. The molecule has 10 heteroatoms. The first-order valence-electron chi connectivity index (χ1n) is 9.88. The van der Waals surface area contributed by atoms with Crippen LogP contribution in [-0.4, -0.2) is 94.5 Å². The number of aryl methyl sites for hydroxylation is 1. The molecule has 0 saturated carbocycles. The van der Waals surface area contributed by atoms with Crippen LogP contribution < -0.4 is 5.32 Å². The second-order valence-corrected chi connectivity index (χ2v) is 8.16. The minimum atomic E-state index is 0. The summed E-state index contributed by atoms with van der Waals surface area (Å²) in [7, 11) is 2.00. The Bertz CT molecular complexity index is 621. The van der Waals surface area contributed by atoms with E-state index in [4.69, 9.17) is 9.73 Å². The minimum Gasteiger partial charge on any atom is -0.379 e. The number of morpholine rings is 1. The number of hydrogen-bond acceptors (Lipinski definition) is 6. The molecule has 1 aromatic rings. The molecule has 0 aliphatic carbocycles. The van der Waals surface area contributed by atoms with Crippen LogP contribution in [0.2, 0.25) is 0 Å². The Labute approximate surface area is 189 Å². The maximum atomic E-state index is 5.50. The van der Waals surface area contributed by atoms with Gasteiger partial charge in [-0.1, -0.05) is 0 Å². The molecule has 2 aliphatic rings. The lowest BCUT2D eigenvalue weighted by molar-refractivity contribution is 0.0195. The van der Waals surface area contributed by atoms with Crippen LogP contribution in [0.25, 0.3) is 0 Å². The first-order chi connectivity index (χ1) is 13.2. The summed E-state index contributed by atoms with van der Waals surface area (Å²) in [5.74, 6) is 4.00. The van der Waals surface area contributed by atoms with Crippen LogP contribution in [0.1, 0.15) is 24.5 Å². The molecule has 0 amide bonds. The van der Waals surface area contributed by atoms with Crippen molar-refractivity contribution in [2.45, 2.75) is 32.4 Å². The Morgan fingerprint density at radius 3 is 2.75 bits per heavy atom. The quantitative estimate of drug-likeness (QED) is 0.251. The number of ether oxygens (including phenoxy) is 1. The molecule has 8 nitrogen and oxygen atoms in total. The molecule has 160 valence electrons. The lowest BCUT2D eigenvalue weighted by Gasteiger charge is -2.32. The Morgan fingerprint density at radius 1 is 1.29 bits per heavy atom. The zero-order chi connectivity index (χ0) is 19.1. The molecule has 28 heavy (non-hydrogen) atoms. The van der Waals surface area contributed by atoms with E-state index in [0.717, 1.165) is 70.0 Å². The summed E-state index contributed by atoms with van der Waals surface area (Å²) in [5.41, 5.74) is 0. The maximum Gasteiger partial charge on any atom is 0.194 e. The van der Waals surface area contributed by atoms with Crippen molar-refractivity contribution in [1.29, 1.82) is 0 Å². The standard InChI is InChI=1S/C18H33N7OS.HI/c1-15-21-22-17(23(15)2)13-20-18(19-6-4-12-27-3)25-7-5-16(14-25)24-8-10-26-11-9-24;/h16H,4-14H2,1-3H3,(H,19,20);1H. The minimum absolute atomic E-state index is 0. The average molecular weight is 523 g/mol. The van der Waals surface area contributed by atoms with Gasteiger partial charge in [0.05, 0.1) is 13.2 Å². The van der Waals surface area contributed by atoms with Gasteiger partial charge < -0.3 is 19.5 Å². The first-order valence-corrected chi connectivity index (χ1v) is 11.3. The zero-order valence-electron chi connectivity index (χ0n) is 17.3. The van der Waals surface area contributed by atoms with Gasteiger partial charge in [-0.05, 0) is 31.8 Å². The monoisotopic (exact) mass is 523 g/mol. The molecule has 2 fully saturated rings. The number of nitrogens with one attached hydrogen (secondary N) is 1. The van der Waals surface area contributed by atoms with Gasteiger partial charge in [0.25, 0.3) is 0 Å². The zero-order valence-corrected chi connectivity index (χ0v) is 20.4. The van der Waals surface area contributed by atoms with Gasteiger partial charge in [-0.25, -0.2) is 4.99 Å². The van der Waals surface area contributed by atoms with E-state index in [-0.39, 0.29) is 24.0 Å². The van der Waals surface area contributed by atoms with E-state index in [1.807, 2.05) is 30.3 Å². The lowest BCUT2D eigenvalue weighted by Crippen LogP contribution is -2.46. The summed E-state index contributed by atoms with van der Waals surface area (Å²) >= 11 is 1.89. The SMILES string of the molecule is CSCCCNC(=NCc1nnc(C)n1C)N1CCC(N2CCOCC2)C1.I. The Kier molecular flexibility index (Phi) is 10.3. The molecule has 3 heterocycles.